The van der Waals surface area contributed by atoms with Gasteiger partial charge in [-0.1, -0.05) is 24.0 Å². The van der Waals surface area contributed by atoms with E-state index < -0.39 is 0 Å². The van der Waals surface area contributed by atoms with Crippen molar-refractivity contribution in [1.29, 1.82) is 0 Å². The highest BCUT2D eigenvalue weighted by Gasteiger charge is 2.12. The van der Waals surface area contributed by atoms with E-state index in [1.165, 1.54) is 11.8 Å². The summed E-state index contributed by atoms with van der Waals surface area (Å²) in [5.74, 6) is 1.38. The first kappa shape index (κ1) is 18.6. The summed E-state index contributed by atoms with van der Waals surface area (Å²) >= 11 is 6.67. The van der Waals surface area contributed by atoms with Gasteiger partial charge in [0.15, 0.2) is 0 Å². The lowest BCUT2D eigenvalue weighted by atomic mass is 10.2. The van der Waals surface area contributed by atoms with E-state index in [0.29, 0.717) is 17.2 Å². The molecule has 1 rings (SSSR count). The van der Waals surface area contributed by atoms with Crippen LogP contribution >= 0.6 is 24.0 Å². The van der Waals surface area contributed by atoms with Crippen LogP contribution < -0.4 is 14.8 Å². The molecule has 1 aromatic carbocycles. The number of nitrogens with zero attached hydrogens (tertiary/aromatic N) is 1. The third-order valence-corrected chi connectivity index (χ3v) is 4.55. The number of rotatable bonds is 7. The molecule has 0 aliphatic heterocycles. The summed E-state index contributed by atoms with van der Waals surface area (Å²) in [6.07, 6.45) is 0. The molecule has 0 atom stereocenters. The fourth-order valence-electron chi connectivity index (χ4n) is 1.79. The van der Waals surface area contributed by atoms with Gasteiger partial charge < -0.3 is 19.7 Å². The van der Waals surface area contributed by atoms with E-state index >= 15 is 0 Å². The number of carbonyl (C=O) groups excluding carboxylic acids is 1. The molecule has 0 bridgehead atoms. The maximum Gasteiger partial charge on any atom is 0.234 e. The van der Waals surface area contributed by atoms with Gasteiger partial charge in [0, 0.05) is 19.2 Å². The van der Waals surface area contributed by atoms with Crippen LogP contribution in [0.2, 0.25) is 0 Å². The smallest absolute Gasteiger partial charge is 0.234 e. The van der Waals surface area contributed by atoms with Crippen LogP contribution in [0.1, 0.15) is 13.8 Å². The number of anilines is 1. The number of carbonyl (C=O) groups is 1. The third-order valence-electron chi connectivity index (χ3n) is 3.03. The molecule has 0 saturated carbocycles. The predicted molar refractivity (Wildman–Crippen MR) is 96.2 cm³/mol. The molecule has 1 aromatic rings. The van der Waals surface area contributed by atoms with Gasteiger partial charge in [-0.15, -0.1) is 0 Å². The van der Waals surface area contributed by atoms with Crippen molar-refractivity contribution >= 4 is 39.9 Å². The zero-order chi connectivity index (χ0) is 16.5. The Morgan fingerprint density at radius 3 is 2.50 bits per heavy atom. The molecule has 0 aliphatic carbocycles. The first-order valence-corrected chi connectivity index (χ1v) is 8.38. The van der Waals surface area contributed by atoms with Crippen LogP contribution in [0.15, 0.2) is 18.2 Å². The van der Waals surface area contributed by atoms with Gasteiger partial charge in [-0.2, -0.15) is 0 Å². The maximum absolute atomic E-state index is 12.0. The van der Waals surface area contributed by atoms with Gasteiger partial charge in [0.1, 0.15) is 15.8 Å². The molecule has 1 amide bonds. The average molecular weight is 342 g/mol. The quantitative estimate of drug-likeness (QED) is 0.769. The fourth-order valence-corrected chi connectivity index (χ4v) is 2.99. The number of methoxy groups -OCH3 is 2. The number of thiocarbonyl (C=S) groups is 1. The minimum Gasteiger partial charge on any atom is -0.497 e. The molecule has 22 heavy (non-hydrogen) atoms. The number of benzene rings is 1. The summed E-state index contributed by atoms with van der Waals surface area (Å²) in [7, 11) is 3.13. The molecule has 0 spiro atoms. The van der Waals surface area contributed by atoms with E-state index in [1.807, 2.05) is 18.7 Å². The summed E-state index contributed by atoms with van der Waals surface area (Å²) in [5.41, 5.74) is 0.614. The lowest BCUT2D eigenvalue weighted by molar-refractivity contribution is -0.113. The van der Waals surface area contributed by atoms with Crippen LogP contribution in [0, 0.1) is 0 Å². The van der Waals surface area contributed by atoms with Crippen molar-refractivity contribution in [2.45, 2.75) is 13.8 Å². The van der Waals surface area contributed by atoms with Crippen molar-refractivity contribution in [3.8, 4) is 11.5 Å². The third kappa shape index (κ3) is 5.38. The van der Waals surface area contributed by atoms with Gasteiger partial charge in [-0.3, -0.25) is 4.79 Å². The first-order valence-electron chi connectivity index (χ1n) is 6.99. The molecule has 1 N–H and O–H groups in total. The lowest BCUT2D eigenvalue weighted by Gasteiger charge is -2.20. The van der Waals surface area contributed by atoms with Crippen molar-refractivity contribution in [1.82, 2.24) is 4.90 Å². The zero-order valence-corrected chi connectivity index (χ0v) is 15.0. The zero-order valence-electron chi connectivity index (χ0n) is 13.3. The van der Waals surface area contributed by atoms with Crippen LogP contribution in [0.5, 0.6) is 11.5 Å². The minimum atomic E-state index is -0.122. The largest absolute Gasteiger partial charge is 0.497 e. The molecule has 0 aromatic heterocycles. The molecular weight excluding hydrogens is 320 g/mol. The van der Waals surface area contributed by atoms with Gasteiger partial charge in [0.05, 0.1) is 25.7 Å². The maximum atomic E-state index is 12.0. The van der Waals surface area contributed by atoms with Crippen molar-refractivity contribution in [2.75, 3.05) is 38.4 Å². The SMILES string of the molecule is CCN(CC)C(=S)SCC(=O)Nc1ccc(OC)cc1OC. The molecule has 0 saturated heterocycles. The van der Waals surface area contributed by atoms with Crippen LogP contribution in [-0.2, 0) is 4.79 Å². The van der Waals surface area contributed by atoms with E-state index in [2.05, 4.69) is 5.32 Å². The summed E-state index contributed by atoms with van der Waals surface area (Å²) in [4.78, 5) is 14.1. The molecule has 0 aliphatic rings. The van der Waals surface area contributed by atoms with Crippen molar-refractivity contribution in [3.05, 3.63) is 18.2 Å². The molecular formula is C15H22N2O3S2. The van der Waals surface area contributed by atoms with E-state index in [1.54, 1.807) is 32.4 Å². The first-order chi connectivity index (χ1) is 10.5. The molecule has 122 valence electrons. The average Bonchev–Trinajstić information content (AvgIpc) is 2.54. The minimum absolute atomic E-state index is 0.122. The number of hydrogen-bond acceptors (Lipinski definition) is 5. The Morgan fingerprint density at radius 1 is 1.27 bits per heavy atom. The van der Waals surface area contributed by atoms with Crippen molar-refractivity contribution in [2.24, 2.45) is 0 Å². The Hall–Kier alpha value is -1.47. The Labute approximate surface area is 141 Å². The van der Waals surface area contributed by atoms with Gasteiger partial charge in [-0.05, 0) is 26.0 Å². The number of hydrogen-bond donors (Lipinski definition) is 1. The number of amides is 1. The molecule has 7 heteroatoms. The van der Waals surface area contributed by atoms with Crippen LogP contribution in [0.4, 0.5) is 5.69 Å². The summed E-state index contributed by atoms with van der Waals surface area (Å²) in [5, 5.41) is 2.82. The van der Waals surface area contributed by atoms with Crippen LogP contribution in [0.25, 0.3) is 0 Å². The van der Waals surface area contributed by atoms with Gasteiger partial charge in [0.25, 0.3) is 0 Å². The van der Waals surface area contributed by atoms with E-state index in [0.717, 1.165) is 17.4 Å². The highest BCUT2D eigenvalue weighted by molar-refractivity contribution is 8.23. The van der Waals surface area contributed by atoms with Crippen molar-refractivity contribution < 1.29 is 14.3 Å². The van der Waals surface area contributed by atoms with Gasteiger partial charge in [-0.25, -0.2) is 0 Å². The monoisotopic (exact) mass is 342 g/mol. The Kier molecular flexibility index (Phi) is 8.05. The van der Waals surface area contributed by atoms with Crippen LogP contribution in [0.3, 0.4) is 0 Å². The standard InChI is InChI=1S/C15H22N2O3S2/c1-5-17(6-2)15(21)22-10-14(18)16-12-8-7-11(19-3)9-13(12)20-4/h7-9H,5-6,10H2,1-4H3,(H,16,18). The number of nitrogens with one attached hydrogen (secondary N) is 1. The second kappa shape index (κ2) is 9.53. The topological polar surface area (TPSA) is 50.8 Å². The van der Waals surface area contributed by atoms with Gasteiger partial charge in [0.2, 0.25) is 5.91 Å². The molecule has 0 fully saturated rings. The van der Waals surface area contributed by atoms with Crippen LogP contribution in [-0.4, -0.2) is 48.2 Å². The molecule has 0 unspecified atom stereocenters. The Balaban J connectivity index is 2.60. The number of ether oxygens (including phenoxy) is 2. The molecule has 5 nitrogen and oxygen atoms in total. The van der Waals surface area contributed by atoms with E-state index in [9.17, 15) is 4.79 Å². The summed E-state index contributed by atoms with van der Waals surface area (Å²) < 4.78 is 11.1. The molecule has 0 heterocycles. The highest BCUT2D eigenvalue weighted by atomic mass is 32.2. The lowest BCUT2D eigenvalue weighted by Crippen LogP contribution is -2.28. The summed E-state index contributed by atoms with van der Waals surface area (Å²) in [6.45, 7) is 5.77. The second-order valence-electron chi connectivity index (χ2n) is 4.34. The highest BCUT2D eigenvalue weighted by Crippen LogP contribution is 2.29. The Morgan fingerprint density at radius 2 is 1.95 bits per heavy atom. The van der Waals surface area contributed by atoms with E-state index in [-0.39, 0.29) is 11.7 Å². The van der Waals surface area contributed by atoms with E-state index in [4.69, 9.17) is 21.7 Å². The number of thioether (sulfide) groups is 1. The van der Waals surface area contributed by atoms with Gasteiger partial charge >= 0.3 is 0 Å². The molecule has 0 radical (unpaired) electrons. The Bertz CT molecular complexity index is 520. The van der Waals surface area contributed by atoms with Crippen molar-refractivity contribution in [3.63, 3.8) is 0 Å². The fraction of sp³-hybridized carbons (Fsp3) is 0.467. The summed E-state index contributed by atoms with van der Waals surface area (Å²) in [6, 6.07) is 5.25. The normalized spacial score (nSPS) is 10.0. The predicted octanol–water partition coefficient (Wildman–Crippen LogP) is 3.00. The second-order valence-corrected chi connectivity index (χ2v) is 5.95.